The zero-order valence-electron chi connectivity index (χ0n) is 21.1. The molecular formula is C28H51NO2. The van der Waals surface area contributed by atoms with Crippen LogP contribution in [0.25, 0.3) is 0 Å². The Morgan fingerprint density at radius 3 is 2.39 bits per heavy atom. The van der Waals surface area contributed by atoms with Gasteiger partial charge in [-0.3, -0.25) is 0 Å². The van der Waals surface area contributed by atoms with E-state index in [9.17, 15) is 10.2 Å². The second-order valence-corrected chi connectivity index (χ2v) is 13.4. The summed E-state index contributed by atoms with van der Waals surface area (Å²) in [5, 5.41) is 21.8. The molecule has 0 aromatic heterocycles. The zero-order chi connectivity index (χ0) is 22.6. The van der Waals surface area contributed by atoms with Crippen molar-refractivity contribution in [1.29, 1.82) is 0 Å². The first-order valence-corrected chi connectivity index (χ1v) is 13.6. The number of aliphatic hydroxyl groups excluding tert-OH is 2. The largest absolute Gasteiger partial charge is 0.393 e. The Bertz CT molecular complexity index is 639. The maximum absolute atomic E-state index is 11.3. The van der Waals surface area contributed by atoms with Gasteiger partial charge in [-0.25, -0.2) is 0 Å². The van der Waals surface area contributed by atoms with Crippen LogP contribution in [0.3, 0.4) is 0 Å². The monoisotopic (exact) mass is 433 g/mol. The number of rotatable bonds is 6. The molecule has 4 N–H and O–H groups in total. The lowest BCUT2D eigenvalue weighted by Crippen LogP contribution is -2.58. The molecule has 0 spiro atoms. The molecule has 4 aliphatic carbocycles. The molecule has 4 saturated carbocycles. The maximum atomic E-state index is 11.3. The molecular weight excluding hydrogens is 382 g/mol. The third kappa shape index (κ3) is 3.83. The van der Waals surface area contributed by atoms with Gasteiger partial charge in [0.15, 0.2) is 0 Å². The number of nitrogens with two attached hydrogens (primary N) is 1. The second-order valence-electron chi connectivity index (χ2n) is 13.4. The molecule has 4 rings (SSSR count). The number of hydrogen-bond acceptors (Lipinski definition) is 3. The van der Waals surface area contributed by atoms with E-state index in [1.807, 2.05) is 0 Å². The predicted octanol–water partition coefficient (Wildman–Crippen LogP) is 5.77. The smallest absolute Gasteiger partial charge is 0.0579 e. The Morgan fingerprint density at radius 2 is 1.68 bits per heavy atom. The van der Waals surface area contributed by atoms with E-state index in [0.29, 0.717) is 39.9 Å². The predicted molar refractivity (Wildman–Crippen MR) is 128 cm³/mol. The molecule has 10 unspecified atom stereocenters. The molecule has 180 valence electrons. The third-order valence-electron chi connectivity index (χ3n) is 11.8. The van der Waals surface area contributed by atoms with E-state index in [1.165, 1.54) is 51.4 Å². The van der Waals surface area contributed by atoms with Gasteiger partial charge in [-0.1, -0.05) is 47.5 Å². The summed E-state index contributed by atoms with van der Waals surface area (Å²) in [6.07, 6.45) is 12.9. The highest BCUT2D eigenvalue weighted by atomic mass is 16.3. The van der Waals surface area contributed by atoms with Crippen molar-refractivity contribution < 1.29 is 10.2 Å². The Labute approximate surface area is 191 Å². The van der Waals surface area contributed by atoms with E-state index < -0.39 is 0 Å². The highest BCUT2D eigenvalue weighted by Gasteiger charge is 2.65. The van der Waals surface area contributed by atoms with Crippen LogP contribution in [0.15, 0.2) is 0 Å². The Balaban J connectivity index is 1.50. The summed E-state index contributed by atoms with van der Waals surface area (Å²) in [6.45, 7) is 13.1. The summed E-state index contributed by atoms with van der Waals surface area (Å²) in [4.78, 5) is 0. The summed E-state index contributed by atoms with van der Waals surface area (Å²) in [5.41, 5.74) is 6.79. The van der Waals surface area contributed by atoms with Crippen LogP contribution in [0.1, 0.15) is 105 Å². The SMILES string of the molecule is CC(CN)CCCC(C)C1C(O)CC2C3CCC4(C)CC(O)CCC4(C)[C@H]3CCC21C. The van der Waals surface area contributed by atoms with E-state index in [1.54, 1.807) is 0 Å². The molecule has 4 fully saturated rings. The Hall–Kier alpha value is -0.120. The highest BCUT2D eigenvalue weighted by molar-refractivity contribution is 5.14. The molecule has 0 aliphatic heterocycles. The lowest BCUT2D eigenvalue weighted by Gasteiger charge is -2.65. The van der Waals surface area contributed by atoms with Crippen LogP contribution in [-0.2, 0) is 0 Å². The first-order chi connectivity index (χ1) is 14.6. The van der Waals surface area contributed by atoms with E-state index in [0.717, 1.165) is 37.6 Å². The Kier molecular flexibility index (Phi) is 6.65. The fraction of sp³-hybridized carbons (Fsp3) is 1.00. The number of aliphatic hydroxyl groups is 2. The average Bonchev–Trinajstić information content (AvgIpc) is 2.98. The van der Waals surface area contributed by atoms with E-state index in [-0.39, 0.29) is 12.2 Å². The summed E-state index contributed by atoms with van der Waals surface area (Å²) >= 11 is 0. The topological polar surface area (TPSA) is 66.5 Å². The van der Waals surface area contributed by atoms with Crippen LogP contribution in [0.5, 0.6) is 0 Å². The quantitative estimate of drug-likeness (QED) is 0.498. The molecule has 0 aromatic carbocycles. The normalized spacial score (nSPS) is 51.5. The van der Waals surface area contributed by atoms with Gasteiger partial charge in [0.1, 0.15) is 0 Å². The van der Waals surface area contributed by atoms with Gasteiger partial charge in [-0.05, 0) is 116 Å². The zero-order valence-corrected chi connectivity index (χ0v) is 21.1. The third-order valence-corrected chi connectivity index (χ3v) is 11.8. The van der Waals surface area contributed by atoms with E-state index in [2.05, 4.69) is 34.6 Å². The van der Waals surface area contributed by atoms with E-state index >= 15 is 0 Å². The minimum Gasteiger partial charge on any atom is -0.393 e. The van der Waals surface area contributed by atoms with Gasteiger partial charge in [-0.2, -0.15) is 0 Å². The maximum Gasteiger partial charge on any atom is 0.0579 e. The molecule has 3 heteroatoms. The van der Waals surface area contributed by atoms with Gasteiger partial charge in [0, 0.05) is 0 Å². The van der Waals surface area contributed by atoms with Crippen molar-refractivity contribution >= 4 is 0 Å². The highest BCUT2D eigenvalue weighted by Crippen LogP contribution is 2.71. The average molecular weight is 434 g/mol. The van der Waals surface area contributed by atoms with Gasteiger partial charge in [0.05, 0.1) is 12.2 Å². The molecule has 11 atom stereocenters. The molecule has 31 heavy (non-hydrogen) atoms. The van der Waals surface area contributed by atoms with Gasteiger partial charge >= 0.3 is 0 Å². The van der Waals surface area contributed by atoms with Gasteiger partial charge in [-0.15, -0.1) is 0 Å². The van der Waals surface area contributed by atoms with Crippen molar-refractivity contribution in [3.8, 4) is 0 Å². The van der Waals surface area contributed by atoms with E-state index in [4.69, 9.17) is 5.73 Å². The van der Waals surface area contributed by atoms with Crippen LogP contribution in [0.2, 0.25) is 0 Å². The minimum absolute atomic E-state index is 0.0935. The summed E-state index contributed by atoms with van der Waals surface area (Å²) < 4.78 is 0. The lowest BCUT2D eigenvalue weighted by molar-refractivity contribution is -0.171. The molecule has 0 bridgehead atoms. The van der Waals surface area contributed by atoms with Gasteiger partial charge < -0.3 is 15.9 Å². The second kappa shape index (κ2) is 8.58. The fourth-order valence-electron chi connectivity index (χ4n) is 9.78. The van der Waals surface area contributed by atoms with Crippen LogP contribution < -0.4 is 5.73 Å². The Morgan fingerprint density at radius 1 is 0.935 bits per heavy atom. The molecule has 0 saturated heterocycles. The molecule has 3 nitrogen and oxygen atoms in total. The molecule has 0 amide bonds. The molecule has 0 aromatic rings. The standard InChI is InChI=1S/C28H51NO2/c1-18(17-29)7-6-8-19(2)25-24(31)15-23-21-10-12-26(3)16-20(30)9-14-28(26,5)22(21)11-13-27(23,25)4/h18-25,30-31H,6-17,29H2,1-5H3/t18?,19?,20?,21?,22-,23?,24?,25?,26?,27?,28?/m0/s1. The van der Waals surface area contributed by atoms with Crippen LogP contribution in [0, 0.1) is 51.8 Å². The van der Waals surface area contributed by atoms with Crippen molar-refractivity contribution in [3.05, 3.63) is 0 Å². The van der Waals surface area contributed by atoms with Crippen molar-refractivity contribution in [2.24, 2.45) is 57.5 Å². The molecule has 0 radical (unpaired) electrons. The number of fused-ring (bicyclic) bond motifs is 5. The number of hydrogen-bond donors (Lipinski definition) is 3. The van der Waals surface area contributed by atoms with Crippen LogP contribution in [-0.4, -0.2) is 29.0 Å². The first kappa shape index (κ1) is 24.0. The summed E-state index contributed by atoms with van der Waals surface area (Å²) in [5.74, 6) is 3.91. The lowest BCUT2D eigenvalue weighted by atomic mass is 9.40. The molecule has 0 heterocycles. The van der Waals surface area contributed by atoms with Crippen molar-refractivity contribution in [2.75, 3.05) is 6.54 Å². The fourth-order valence-corrected chi connectivity index (χ4v) is 9.78. The van der Waals surface area contributed by atoms with Crippen LogP contribution in [0.4, 0.5) is 0 Å². The van der Waals surface area contributed by atoms with Crippen molar-refractivity contribution in [1.82, 2.24) is 0 Å². The van der Waals surface area contributed by atoms with Crippen LogP contribution >= 0.6 is 0 Å². The minimum atomic E-state index is -0.120. The van der Waals surface area contributed by atoms with Gasteiger partial charge in [0.2, 0.25) is 0 Å². The first-order valence-electron chi connectivity index (χ1n) is 13.6. The summed E-state index contributed by atoms with van der Waals surface area (Å²) in [6, 6.07) is 0. The molecule has 4 aliphatic rings. The van der Waals surface area contributed by atoms with Crippen molar-refractivity contribution in [2.45, 2.75) is 117 Å². The summed E-state index contributed by atoms with van der Waals surface area (Å²) in [7, 11) is 0. The van der Waals surface area contributed by atoms with Gasteiger partial charge in [0.25, 0.3) is 0 Å². The van der Waals surface area contributed by atoms with Crippen molar-refractivity contribution in [3.63, 3.8) is 0 Å².